The molecule has 1 aliphatic rings. The van der Waals surface area contributed by atoms with Crippen LogP contribution in [0.1, 0.15) is 70.8 Å². The number of Topliss-reactive ketones (excluding diaryl/α,β-unsaturated/α-hetero) is 3. The van der Waals surface area contributed by atoms with E-state index in [1.54, 1.807) is 6.92 Å². The molecule has 204 valence electrons. The molecule has 5 heteroatoms. The van der Waals surface area contributed by atoms with E-state index in [4.69, 9.17) is 4.74 Å². The van der Waals surface area contributed by atoms with Gasteiger partial charge in [0.05, 0.1) is 20.0 Å². The summed E-state index contributed by atoms with van der Waals surface area (Å²) in [6.07, 6.45) is 1.70. The summed E-state index contributed by atoms with van der Waals surface area (Å²) >= 11 is 0. The minimum Gasteiger partial charge on any atom is -0.469 e. The van der Waals surface area contributed by atoms with Crippen LogP contribution >= 0.6 is 0 Å². The molecular formula is C34H38O5. The number of rotatable bonds is 6. The van der Waals surface area contributed by atoms with Crippen molar-refractivity contribution in [2.75, 3.05) is 7.11 Å². The van der Waals surface area contributed by atoms with E-state index in [2.05, 4.69) is 18.2 Å². The van der Waals surface area contributed by atoms with Crippen molar-refractivity contribution >= 4 is 44.9 Å². The molecule has 5 rings (SSSR count). The monoisotopic (exact) mass is 527 g/mol. The number of methoxy groups -OCH3 is 1. The van der Waals surface area contributed by atoms with Crippen LogP contribution in [0.2, 0.25) is 0 Å². The standard InChI is InChI=1S/C17H18O3.C16H14O2.CH4.H2/c1-12(18)10-14(11-17(19)20-2)16-9-5-7-13-6-3-4-8-15(13)16;17-13-8-12(9-14(18)10-13)16-7-3-5-11-4-1-2-6-15(11)16;;/h3-9,14H,10-11H2,1-2H3;1-7,12H,8-10H2;1H4;1H/i;;;1+1. The second kappa shape index (κ2) is 13.6. The van der Waals surface area contributed by atoms with Crippen molar-refractivity contribution in [2.45, 2.75) is 58.3 Å². The first-order valence-electron chi connectivity index (χ1n) is 12.9. The summed E-state index contributed by atoms with van der Waals surface area (Å²) in [7, 11) is 1.37. The molecule has 1 atom stereocenters. The normalized spacial score (nSPS) is 14.2. The Morgan fingerprint density at radius 2 is 1.33 bits per heavy atom. The Kier molecular flexibility index (Phi) is 10.3. The molecule has 1 saturated carbocycles. The zero-order chi connectivity index (χ0) is 27.1. The lowest BCUT2D eigenvalue weighted by atomic mass is 9.81. The second-order valence-corrected chi connectivity index (χ2v) is 9.88. The molecule has 0 bridgehead atoms. The van der Waals surface area contributed by atoms with Crippen molar-refractivity contribution in [3.63, 3.8) is 0 Å². The number of carbonyl (C=O) groups excluding carboxylic acids is 4. The average Bonchev–Trinajstić information content (AvgIpc) is 2.91. The van der Waals surface area contributed by atoms with Gasteiger partial charge in [0.1, 0.15) is 17.3 Å². The van der Waals surface area contributed by atoms with Crippen molar-refractivity contribution in [1.82, 2.24) is 0 Å². The summed E-state index contributed by atoms with van der Waals surface area (Å²) in [6.45, 7) is 1.55. The van der Waals surface area contributed by atoms with Crippen LogP contribution in [-0.4, -0.2) is 30.4 Å². The van der Waals surface area contributed by atoms with Crippen LogP contribution in [0.25, 0.3) is 21.5 Å². The first-order chi connectivity index (χ1) is 18.4. The highest BCUT2D eigenvalue weighted by molar-refractivity contribution is 6.03. The SMILES string of the molecule is C.COC(=O)CC(CC(C)=O)c1cccc2ccccc12.O=C1CC(=O)CC(c2cccc3ccccc23)C1.[2HH]. The lowest BCUT2D eigenvalue weighted by Crippen LogP contribution is -2.21. The van der Waals surface area contributed by atoms with Gasteiger partial charge in [0, 0.05) is 26.6 Å². The summed E-state index contributed by atoms with van der Waals surface area (Å²) in [5, 5.41) is 4.53. The summed E-state index contributed by atoms with van der Waals surface area (Å²) in [4.78, 5) is 46.2. The fourth-order valence-electron chi connectivity index (χ4n) is 5.34. The molecule has 1 fully saturated rings. The predicted octanol–water partition coefficient (Wildman–Crippen LogP) is 7.59. The molecule has 0 amide bonds. The molecule has 39 heavy (non-hydrogen) atoms. The topological polar surface area (TPSA) is 77.5 Å². The maximum atomic E-state index is 11.6. The predicted molar refractivity (Wildman–Crippen MR) is 158 cm³/mol. The van der Waals surface area contributed by atoms with Gasteiger partial charge in [0.15, 0.2) is 0 Å². The molecule has 0 heterocycles. The van der Waals surface area contributed by atoms with Gasteiger partial charge >= 0.3 is 5.97 Å². The van der Waals surface area contributed by atoms with Gasteiger partial charge in [-0.2, -0.15) is 0 Å². The van der Waals surface area contributed by atoms with Gasteiger partial charge in [-0.25, -0.2) is 0 Å². The van der Waals surface area contributed by atoms with Crippen LogP contribution in [0.3, 0.4) is 0 Å². The molecule has 4 aromatic rings. The molecule has 4 aromatic carbocycles. The minimum absolute atomic E-state index is 0. The van der Waals surface area contributed by atoms with E-state index in [0.29, 0.717) is 19.3 Å². The third-order valence-electron chi connectivity index (χ3n) is 7.04. The van der Waals surface area contributed by atoms with Gasteiger partial charge in [0.25, 0.3) is 0 Å². The number of fused-ring (bicyclic) bond motifs is 2. The number of ketones is 3. The fraction of sp³-hybridized carbons (Fsp3) is 0.294. The summed E-state index contributed by atoms with van der Waals surface area (Å²) in [5.41, 5.74) is 2.17. The second-order valence-electron chi connectivity index (χ2n) is 9.88. The van der Waals surface area contributed by atoms with Gasteiger partial charge in [-0.15, -0.1) is 0 Å². The van der Waals surface area contributed by atoms with Crippen molar-refractivity contribution < 1.29 is 25.3 Å². The molecule has 0 saturated heterocycles. The lowest BCUT2D eigenvalue weighted by Gasteiger charge is -2.21. The average molecular weight is 528 g/mol. The zero-order valence-electron chi connectivity index (χ0n) is 21.8. The highest BCUT2D eigenvalue weighted by Crippen LogP contribution is 2.34. The number of esters is 1. The highest BCUT2D eigenvalue weighted by Gasteiger charge is 2.27. The third kappa shape index (κ3) is 7.47. The number of hydrogen-bond acceptors (Lipinski definition) is 5. The van der Waals surface area contributed by atoms with Crippen LogP contribution in [0.5, 0.6) is 0 Å². The Balaban J connectivity index is 0.000000268. The van der Waals surface area contributed by atoms with E-state index in [1.165, 1.54) is 12.5 Å². The van der Waals surface area contributed by atoms with E-state index in [9.17, 15) is 19.2 Å². The molecule has 0 aliphatic heterocycles. The first kappa shape index (κ1) is 29.4. The van der Waals surface area contributed by atoms with E-state index >= 15 is 0 Å². The number of carbonyl (C=O) groups is 4. The fourth-order valence-corrected chi connectivity index (χ4v) is 5.34. The number of hydrogen-bond donors (Lipinski definition) is 0. The molecule has 0 radical (unpaired) electrons. The maximum Gasteiger partial charge on any atom is 0.306 e. The van der Waals surface area contributed by atoms with Crippen LogP contribution in [0, 0.1) is 0 Å². The van der Waals surface area contributed by atoms with Crippen LogP contribution < -0.4 is 0 Å². The smallest absolute Gasteiger partial charge is 0.306 e. The van der Waals surface area contributed by atoms with Gasteiger partial charge in [-0.3, -0.25) is 14.4 Å². The molecule has 0 spiro atoms. The van der Waals surface area contributed by atoms with Gasteiger partial charge in [-0.05, 0) is 45.5 Å². The summed E-state index contributed by atoms with van der Waals surface area (Å²) < 4.78 is 4.75. The maximum absolute atomic E-state index is 11.6. The van der Waals surface area contributed by atoms with Crippen LogP contribution in [0.15, 0.2) is 84.9 Å². The molecular weight excluding hydrogens is 488 g/mol. The zero-order valence-corrected chi connectivity index (χ0v) is 21.8. The quantitative estimate of drug-likeness (QED) is 0.191. The Hall–Kier alpha value is -4.12. The van der Waals surface area contributed by atoms with Gasteiger partial charge < -0.3 is 9.53 Å². The summed E-state index contributed by atoms with van der Waals surface area (Å²) in [5.74, 6) is -0.139. The third-order valence-corrected chi connectivity index (χ3v) is 7.04. The highest BCUT2D eigenvalue weighted by atomic mass is 16.5. The Morgan fingerprint density at radius 3 is 1.95 bits per heavy atom. The van der Waals surface area contributed by atoms with Crippen molar-refractivity contribution in [2.24, 2.45) is 0 Å². The van der Waals surface area contributed by atoms with Crippen LogP contribution in [-0.2, 0) is 23.9 Å². The van der Waals surface area contributed by atoms with E-state index in [0.717, 1.165) is 27.3 Å². The first-order valence-corrected chi connectivity index (χ1v) is 12.9. The van der Waals surface area contributed by atoms with Gasteiger partial charge in [-0.1, -0.05) is 92.4 Å². The lowest BCUT2D eigenvalue weighted by molar-refractivity contribution is -0.141. The molecule has 0 aromatic heterocycles. The Labute approximate surface area is 231 Å². The van der Waals surface area contributed by atoms with Crippen molar-refractivity contribution in [1.29, 1.82) is 0 Å². The number of ether oxygens (including phenoxy) is 1. The van der Waals surface area contributed by atoms with Crippen molar-refractivity contribution in [3.05, 3.63) is 96.1 Å². The molecule has 1 unspecified atom stereocenters. The van der Waals surface area contributed by atoms with Gasteiger partial charge in [0.2, 0.25) is 0 Å². The number of benzene rings is 4. The Bertz CT molecular complexity index is 1470. The van der Waals surface area contributed by atoms with Crippen molar-refractivity contribution in [3.8, 4) is 0 Å². The Morgan fingerprint density at radius 1 is 0.795 bits per heavy atom. The molecule has 0 N–H and O–H groups in total. The molecule has 5 nitrogen and oxygen atoms in total. The molecule has 1 aliphatic carbocycles. The van der Waals surface area contributed by atoms with E-state index < -0.39 is 0 Å². The largest absolute Gasteiger partial charge is 0.469 e. The van der Waals surface area contributed by atoms with E-state index in [1.807, 2.05) is 66.7 Å². The minimum atomic E-state index is -0.288. The van der Waals surface area contributed by atoms with Crippen LogP contribution in [0.4, 0.5) is 0 Å². The van der Waals surface area contributed by atoms with E-state index in [-0.39, 0.29) is 56.8 Å². The summed E-state index contributed by atoms with van der Waals surface area (Å²) in [6, 6.07) is 28.2.